The SMILES string of the molecule is CCOC1(N)NC(=O)c2[nH]cnc2N1. The molecule has 1 atom stereocenters. The largest absolute Gasteiger partial charge is 0.339 e. The van der Waals surface area contributed by atoms with Gasteiger partial charge in [0.2, 0.25) is 0 Å². The highest BCUT2D eigenvalue weighted by molar-refractivity contribution is 5.99. The van der Waals surface area contributed by atoms with Gasteiger partial charge in [-0.1, -0.05) is 0 Å². The van der Waals surface area contributed by atoms with Crippen LogP contribution in [0, 0.1) is 0 Å². The Bertz CT molecular complexity index is 363. The van der Waals surface area contributed by atoms with Gasteiger partial charge in [0.25, 0.3) is 11.9 Å². The topological polar surface area (TPSA) is 105 Å². The lowest BCUT2D eigenvalue weighted by Crippen LogP contribution is -2.65. The average molecular weight is 197 g/mol. The van der Waals surface area contributed by atoms with Crippen molar-refractivity contribution in [3.8, 4) is 0 Å². The number of imidazole rings is 1. The van der Waals surface area contributed by atoms with Gasteiger partial charge >= 0.3 is 0 Å². The molecule has 76 valence electrons. The van der Waals surface area contributed by atoms with E-state index in [1.54, 1.807) is 6.92 Å². The van der Waals surface area contributed by atoms with Crippen molar-refractivity contribution >= 4 is 11.7 Å². The summed E-state index contributed by atoms with van der Waals surface area (Å²) in [5.41, 5.74) is 6.07. The quantitative estimate of drug-likeness (QED) is 0.463. The predicted octanol–water partition coefficient (Wildman–Crippen LogP) is -0.828. The van der Waals surface area contributed by atoms with Crippen LogP contribution in [-0.4, -0.2) is 28.5 Å². The predicted molar refractivity (Wildman–Crippen MR) is 48.2 cm³/mol. The third-order valence-electron chi connectivity index (χ3n) is 1.84. The van der Waals surface area contributed by atoms with Crippen LogP contribution in [0.5, 0.6) is 0 Å². The van der Waals surface area contributed by atoms with Crippen LogP contribution in [0.1, 0.15) is 17.4 Å². The summed E-state index contributed by atoms with van der Waals surface area (Å²) in [5, 5.41) is 5.24. The first-order valence-corrected chi connectivity index (χ1v) is 4.21. The Kier molecular flexibility index (Phi) is 1.90. The molecule has 1 unspecified atom stereocenters. The van der Waals surface area contributed by atoms with Crippen molar-refractivity contribution in [2.24, 2.45) is 5.73 Å². The number of hydrogen-bond acceptors (Lipinski definition) is 5. The first kappa shape index (κ1) is 8.97. The van der Waals surface area contributed by atoms with Gasteiger partial charge in [-0.3, -0.25) is 15.8 Å². The van der Waals surface area contributed by atoms with E-state index in [1.807, 2.05) is 0 Å². The van der Waals surface area contributed by atoms with E-state index in [0.29, 0.717) is 18.1 Å². The normalized spacial score (nSPS) is 25.1. The zero-order chi connectivity index (χ0) is 10.2. The number of ether oxygens (including phenoxy) is 1. The number of nitrogens with zero attached hydrogens (tertiary/aromatic N) is 1. The summed E-state index contributed by atoms with van der Waals surface area (Å²) >= 11 is 0. The van der Waals surface area contributed by atoms with Crippen LogP contribution < -0.4 is 16.4 Å². The maximum Gasteiger partial charge on any atom is 0.281 e. The lowest BCUT2D eigenvalue weighted by atomic mass is 10.3. The summed E-state index contributed by atoms with van der Waals surface area (Å²) in [6, 6.07) is 0. The molecule has 1 aromatic heterocycles. The molecule has 0 bridgehead atoms. The third-order valence-corrected chi connectivity index (χ3v) is 1.84. The number of nitrogens with two attached hydrogens (primary N) is 1. The first-order chi connectivity index (χ1) is 6.64. The van der Waals surface area contributed by atoms with Gasteiger partial charge < -0.3 is 15.0 Å². The Labute approximate surface area is 80.0 Å². The molecule has 0 radical (unpaired) electrons. The van der Waals surface area contributed by atoms with Crippen LogP contribution in [0.3, 0.4) is 0 Å². The fraction of sp³-hybridized carbons (Fsp3) is 0.429. The molecule has 0 fully saturated rings. The molecule has 2 heterocycles. The number of anilines is 1. The summed E-state index contributed by atoms with van der Waals surface area (Å²) in [6.45, 7) is 2.16. The Morgan fingerprint density at radius 2 is 2.43 bits per heavy atom. The van der Waals surface area contributed by atoms with Gasteiger partial charge in [0, 0.05) is 6.61 Å². The van der Waals surface area contributed by atoms with Crippen LogP contribution in [0.2, 0.25) is 0 Å². The Balaban J connectivity index is 2.29. The summed E-state index contributed by atoms with van der Waals surface area (Å²) < 4.78 is 5.15. The molecule has 0 saturated carbocycles. The van der Waals surface area contributed by atoms with E-state index < -0.39 is 5.97 Å². The van der Waals surface area contributed by atoms with Gasteiger partial charge in [0.05, 0.1) is 6.33 Å². The molecule has 0 aliphatic carbocycles. The summed E-state index contributed by atoms with van der Waals surface area (Å²) in [4.78, 5) is 18.0. The fourth-order valence-corrected chi connectivity index (χ4v) is 1.30. The standard InChI is InChI=1S/C7H11N5O2/c1-2-14-7(8)11-5-4(6(13)12-7)9-3-10-5/h3,11H,2,8H2,1H3,(H,9,10)(H,12,13). The minimum Gasteiger partial charge on any atom is -0.339 e. The van der Waals surface area contributed by atoms with Crippen LogP contribution in [0.25, 0.3) is 0 Å². The van der Waals surface area contributed by atoms with Crippen molar-refractivity contribution < 1.29 is 9.53 Å². The number of H-pyrrole nitrogens is 1. The molecule has 0 aromatic carbocycles. The number of nitrogens with one attached hydrogen (secondary N) is 3. The smallest absolute Gasteiger partial charge is 0.281 e. The van der Waals surface area contributed by atoms with Crippen molar-refractivity contribution in [3.63, 3.8) is 0 Å². The highest BCUT2D eigenvalue weighted by Crippen LogP contribution is 2.18. The minimum atomic E-state index is -1.37. The van der Waals surface area contributed by atoms with E-state index in [-0.39, 0.29) is 5.91 Å². The molecule has 0 saturated heterocycles. The lowest BCUT2D eigenvalue weighted by molar-refractivity contribution is -0.0352. The second-order valence-electron chi connectivity index (χ2n) is 2.87. The van der Waals surface area contributed by atoms with Gasteiger partial charge in [0.1, 0.15) is 5.69 Å². The monoisotopic (exact) mass is 197 g/mol. The molecule has 1 aliphatic rings. The van der Waals surface area contributed by atoms with Crippen molar-refractivity contribution in [1.82, 2.24) is 15.3 Å². The van der Waals surface area contributed by atoms with E-state index in [2.05, 4.69) is 20.6 Å². The Hall–Kier alpha value is -1.60. The number of carbonyl (C=O) groups excluding carboxylic acids is 1. The third kappa shape index (κ3) is 1.32. The second-order valence-corrected chi connectivity index (χ2v) is 2.87. The molecule has 1 aliphatic heterocycles. The van der Waals surface area contributed by atoms with E-state index in [9.17, 15) is 4.79 Å². The molecular weight excluding hydrogens is 186 g/mol. The molecule has 0 spiro atoms. The minimum absolute atomic E-state index is 0.341. The van der Waals surface area contributed by atoms with Gasteiger partial charge in [-0.25, -0.2) is 4.98 Å². The molecule has 5 N–H and O–H groups in total. The number of carbonyl (C=O) groups is 1. The highest BCUT2D eigenvalue weighted by atomic mass is 16.5. The molecule has 7 nitrogen and oxygen atoms in total. The van der Waals surface area contributed by atoms with Crippen LogP contribution >= 0.6 is 0 Å². The van der Waals surface area contributed by atoms with Crippen molar-refractivity contribution in [2.75, 3.05) is 11.9 Å². The van der Waals surface area contributed by atoms with E-state index in [4.69, 9.17) is 10.5 Å². The second kappa shape index (κ2) is 2.96. The maximum atomic E-state index is 11.5. The van der Waals surface area contributed by atoms with Crippen LogP contribution in [-0.2, 0) is 4.74 Å². The zero-order valence-electron chi connectivity index (χ0n) is 7.63. The van der Waals surface area contributed by atoms with Crippen LogP contribution in [0.4, 0.5) is 5.82 Å². The Morgan fingerprint density at radius 1 is 1.64 bits per heavy atom. The highest BCUT2D eigenvalue weighted by Gasteiger charge is 2.36. The Morgan fingerprint density at radius 3 is 3.14 bits per heavy atom. The van der Waals surface area contributed by atoms with Crippen LogP contribution in [0.15, 0.2) is 6.33 Å². The number of aromatic amines is 1. The van der Waals surface area contributed by atoms with Gasteiger partial charge in [-0.15, -0.1) is 0 Å². The molecule has 1 amide bonds. The number of rotatable bonds is 2. The number of hydrogen-bond donors (Lipinski definition) is 4. The maximum absolute atomic E-state index is 11.5. The van der Waals surface area contributed by atoms with Crippen molar-refractivity contribution in [1.29, 1.82) is 0 Å². The molecule has 2 rings (SSSR count). The van der Waals surface area contributed by atoms with Gasteiger partial charge in [0.15, 0.2) is 5.82 Å². The van der Waals surface area contributed by atoms with Gasteiger partial charge in [-0.05, 0) is 6.92 Å². The fourth-order valence-electron chi connectivity index (χ4n) is 1.30. The molecule has 1 aromatic rings. The number of aromatic nitrogens is 2. The molecular formula is C7H11N5O2. The molecule has 14 heavy (non-hydrogen) atoms. The summed E-state index contributed by atoms with van der Waals surface area (Å²) in [6.07, 6.45) is 1.41. The van der Waals surface area contributed by atoms with Crippen molar-refractivity contribution in [2.45, 2.75) is 12.9 Å². The van der Waals surface area contributed by atoms with Gasteiger partial charge in [-0.2, -0.15) is 0 Å². The number of amides is 1. The summed E-state index contributed by atoms with van der Waals surface area (Å²) in [7, 11) is 0. The van der Waals surface area contributed by atoms with E-state index in [1.165, 1.54) is 6.33 Å². The average Bonchev–Trinajstić information content (AvgIpc) is 2.51. The van der Waals surface area contributed by atoms with E-state index >= 15 is 0 Å². The summed E-state index contributed by atoms with van der Waals surface area (Å²) in [5.74, 6) is -1.31. The number of fused-ring (bicyclic) bond motifs is 1. The first-order valence-electron chi connectivity index (χ1n) is 4.21. The van der Waals surface area contributed by atoms with Crippen molar-refractivity contribution in [3.05, 3.63) is 12.0 Å². The lowest BCUT2D eigenvalue weighted by Gasteiger charge is -2.33. The van der Waals surface area contributed by atoms with E-state index in [0.717, 1.165) is 0 Å². The zero-order valence-corrected chi connectivity index (χ0v) is 7.63. The molecule has 7 heteroatoms.